The number of anilines is 1. The highest BCUT2D eigenvalue weighted by Crippen LogP contribution is 2.28. The Morgan fingerprint density at radius 1 is 1.09 bits per heavy atom. The van der Waals surface area contributed by atoms with E-state index in [0.29, 0.717) is 28.7 Å². The summed E-state index contributed by atoms with van der Waals surface area (Å²) in [6.45, 7) is 0.314. The predicted octanol–water partition coefficient (Wildman–Crippen LogP) is 3.38. The molecule has 0 saturated heterocycles. The zero-order valence-corrected chi connectivity index (χ0v) is 18.3. The number of fused-ring (bicyclic) bond motifs is 2. The molecule has 3 heterocycles. The second-order valence-electron chi connectivity index (χ2n) is 7.52. The Morgan fingerprint density at radius 3 is 2.56 bits per heavy atom. The number of ether oxygens (including phenoxy) is 1. The Labute approximate surface area is 194 Å². The summed E-state index contributed by atoms with van der Waals surface area (Å²) in [5.74, 6) is 0.534. The number of rotatable bonds is 6. The highest BCUT2D eigenvalue weighted by atomic mass is 16.5. The monoisotopic (exact) mass is 451 g/mol. The number of carbonyl (C=O) groups is 1. The van der Waals surface area contributed by atoms with Crippen molar-refractivity contribution in [3.63, 3.8) is 0 Å². The van der Waals surface area contributed by atoms with E-state index in [2.05, 4.69) is 25.4 Å². The number of amides is 1. The zero-order chi connectivity index (χ0) is 23.5. The van der Waals surface area contributed by atoms with Gasteiger partial charge in [0.15, 0.2) is 5.65 Å². The first-order valence-corrected chi connectivity index (χ1v) is 10.6. The van der Waals surface area contributed by atoms with Crippen LogP contribution in [-0.2, 0) is 6.54 Å². The molecule has 3 aromatic heterocycles. The maximum absolute atomic E-state index is 13.2. The predicted molar refractivity (Wildman–Crippen MR) is 131 cm³/mol. The van der Waals surface area contributed by atoms with Crippen LogP contribution in [0.1, 0.15) is 21.5 Å². The zero-order valence-electron chi connectivity index (χ0n) is 18.3. The number of nitrogens with two attached hydrogens (primary N) is 1. The highest BCUT2D eigenvalue weighted by molar-refractivity contribution is 6.10. The molecule has 34 heavy (non-hydrogen) atoms. The number of methoxy groups -OCH3 is 1. The van der Waals surface area contributed by atoms with Gasteiger partial charge >= 0.3 is 0 Å². The van der Waals surface area contributed by atoms with E-state index in [1.54, 1.807) is 25.7 Å². The first-order valence-electron chi connectivity index (χ1n) is 10.6. The summed E-state index contributed by atoms with van der Waals surface area (Å²) in [4.78, 5) is 26.7. The SMILES string of the molecule is COc1ccc(CNC(=O)c2c(N)n(N=Cc3cccnc3)c3nc4ccccc4nc23)cc1. The van der Waals surface area contributed by atoms with Gasteiger partial charge in [-0.1, -0.05) is 30.3 Å². The molecule has 168 valence electrons. The maximum Gasteiger partial charge on any atom is 0.257 e. The number of nitrogens with one attached hydrogen (secondary N) is 1. The third-order valence-electron chi connectivity index (χ3n) is 5.32. The molecule has 0 spiro atoms. The van der Waals surface area contributed by atoms with Gasteiger partial charge in [0.05, 0.1) is 24.4 Å². The number of pyridine rings is 1. The minimum absolute atomic E-state index is 0.151. The lowest BCUT2D eigenvalue weighted by Gasteiger charge is -2.06. The van der Waals surface area contributed by atoms with Crippen molar-refractivity contribution in [3.05, 3.63) is 89.7 Å². The second kappa shape index (κ2) is 8.99. The molecule has 1 amide bonds. The third kappa shape index (κ3) is 4.02. The molecule has 3 N–H and O–H groups in total. The van der Waals surface area contributed by atoms with Crippen molar-refractivity contribution >= 4 is 40.1 Å². The molecule has 5 aromatic rings. The topological polar surface area (TPSA) is 120 Å². The average Bonchev–Trinajstić information content (AvgIpc) is 3.15. The van der Waals surface area contributed by atoms with Crippen molar-refractivity contribution in [1.29, 1.82) is 0 Å². The molecule has 0 unspecified atom stereocenters. The van der Waals surface area contributed by atoms with E-state index >= 15 is 0 Å². The van der Waals surface area contributed by atoms with Gasteiger partial charge in [-0.05, 0) is 35.9 Å². The molecule has 2 aromatic carbocycles. The molecule has 0 fully saturated rings. The number of carbonyl (C=O) groups excluding carboxylic acids is 1. The summed E-state index contributed by atoms with van der Waals surface area (Å²) in [5.41, 5.74) is 10.5. The van der Waals surface area contributed by atoms with Crippen molar-refractivity contribution in [2.75, 3.05) is 12.8 Å². The number of nitrogen functional groups attached to an aromatic ring is 1. The van der Waals surface area contributed by atoms with Gasteiger partial charge in [0.25, 0.3) is 5.91 Å². The fourth-order valence-corrected chi connectivity index (χ4v) is 3.58. The van der Waals surface area contributed by atoms with Gasteiger partial charge in [-0.2, -0.15) is 9.78 Å². The molecule has 0 saturated carbocycles. The van der Waals surface area contributed by atoms with Crippen molar-refractivity contribution in [3.8, 4) is 5.75 Å². The molecule has 0 aliphatic rings. The number of para-hydroxylation sites is 2. The van der Waals surface area contributed by atoms with Crippen molar-refractivity contribution in [1.82, 2.24) is 24.9 Å². The molecular formula is C25H21N7O2. The lowest BCUT2D eigenvalue weighted by Crippen LogP contribution is -2.23. The van der Waals surface area contributed by atoms with Gasteiger partial charge in [0.1, 0.15) is 22.6 Å². The molecule has 0 radical (unpaired) electrons. The average molecular weight is 451 g/mol. The summed E-state index contributed by atoms with van der Waals surface area (Å²) in [6, 6.07) is 18.6. The first kappa shape index (κ1) is 21.1. The molecule has 5 rings (SSSR count). The Balaban J connectivity index is 1.55. The van der Waals surface area contributed by atoms with E-state index in [-0.39, 0.29) is 17.3 Å². The Morgan fingerprint density at radius 2 is 1.85 bits per heavy atom. The van der Waals surface area contributed by atoms with E-state index in [9.17, 15) is 4.79 Å². The Bertz CT molecular complexity index is 1510. The fourth-order valence-electron chi connectivity index (χ4n) is 3.58. The van der Waals surface area contributed by atoms with Crippen LogP contribution < -0.4 is 15.8 Å². The highest BCUT2D eigenvalue weighted by Gasteiger charge is 2.24. The summed E-state index contributed by atoms with van der Waals surface area (Å²) in [5, 5.41) is 7.40. The van der Waals surface area contributed by atoms with Crippen LogP contribution in [0.15, 0.2) is 78.2 Å². The van der Waals surface area contributed by atoms with Gasteiger partial charge in [0, 0.05) is 24.5 Å². The quantitative estimate of drug-likeness (QED) is 0.382. The van der Waals surface area contributed by atoms with Crippen LogP contribution >= 0.6 is 0 Å². The Hall–Kier alpha value is -4.79. The molecule has 0 aliphatic heterocycles. The lowest BCUT2D eigenvalue weighted by atomic mass is 10.2. The van der Waals surface area contributed by atoms with Crippen molar-refractivity contribution in [2.24, 2.45) is 5.10 Å². The smallest absolute Gasteiger partial charge is 0.257 e. The molecular weight excluding hydrogens is 430 g/mol. The van der Waals surface area contributed by atoms with Crippen LogP contribution in [0.25, 0.3) is 22.2 Å². The standard InChI is InChI=1S/C25H21N7O2/c1-34-18-10-8-16(9-11-18)14-28-25(33)21-22-24(31-20-7-3-2-6-19(20)30-22)32(23(21)26)29-15-17-5-4-12-27-13-17/h2-13,15H,14,26H2,1H3,(H,28,33). The van der Waals surface area contributed by atoms with Crippen LogP contribution in [0, 0.1) is 0 Å². The number of aromatic nitrogens is 4. The van der Waals surface area contributed by atoms with E-state index in [1.165, 1.54) is 4.68 Å². The maximum atomic E-state index is 13.2. The van der Waals surface area contributed by atoms with Gasteiger partial charge in [-0.25, -0.2) is 9.97 Å². The molecule has 9 heteroatoms. The van der Waals surface area contributed by atoms with E-state index < -0.39 is 0 Å². The van der Waals surface area contributed by atoms with Crippen LogP contribution in [0.5, 0.6) is 5.75 Å². The number of hydrogen-bond acceptors (Lipinski definition) is 7. The minimum Gasteiger partial charge on any atom is -0.497 e. The lowest BCUT2D eigenvalue weighted by molar-refractivity contribution is 0.0953. The van der Waals surface area contributed by atoms with Crippen LogP contribution in [0.2, 0.25) is 0 Å². The summed E-state index contributed by atoms with van der Waals surface area (Å²) >= 11 is 0. The van der Waals surface area contributed by atoms with Gasteiger partial charge in [-0.15, -0.1) is 0 Å². The molecule has 0 bridgehead atoms. The normalized spacial score (nSPS) is 11.3. The van der Waals surface area contributed by atoms with Crippen LogP contribution in [-0.4, -0.2) is 38.9 Å². The van der Waals surface area contributed by atoms with Gasteiger partial charge in [-0.3, -0.25) is 9.78 Å². The Kier molecular flexibility index (Phi) is 5.57. The van der Waals surface area contributed by atoms with E-state index in [0.717, 1.165) is 16.9 Å². The van der Waals surface area contributed by atoms with E-state index in [4.69, 9.17) is 10.5 Å². The largest absolute Gasteiger partial charge is 0.497 e. The molecule has 9 nitrogen and oxygen atoms in total. The minimum atomic E-state index is -0.363. The first-order chi connectivity index (χ1) is 16.6. The van der Waals surface area contributed by atoms with Gasteiger partial charge in [0.2, 0.25) is 0 Å². The van der Waals surface area contributed by atoms with Gasteiger partial charge < -0.3 is 15.8 Å². The molecule has 0 aliphatic carbocycles. The number of nitrogens with zero attached hydrogens (tertiary/aromatic N) is 5. The van der Waals surface area contributed by atoms with Crippen LogP contribution in [0.4, 0.5) is 5.82 Å². The fraction of sp³-hybridized carbons (Fsp3) is 0.0800. The summed E-state index contributed by atoms with van der Waals surface area (Å²) in [7, 11) is 1.61. The molecule has 0 atom stereocenters. The van der Waals surface area contributed by atoms with Crippen molar-refractivity contribution in [2.45, 2.75) is 6.54 Å². The third-order valence-corrected chi connectivity index (χ3v) is 5.32. The summed E-state index contributed by atoms with van der Waals surface area (Å²) < 4.78 is 6.62. The summed E-state index contributed by atoms with van der Waals surface area (Å²) in [6.07, 6.45) is 4.97. The van der Waals surface area contributed by atoms with Crippen LogP contribution in [0.3, 0.4) is 0 Å². The number of benzene rings is 2. The van der Waals surface area contributed by atoms with Crippen molar-refractivity contribution < 1.29 is 9.53 Å². The number of hydrogen-bond donors (Lipinski definition) is 2. The van der Waals surface area contributed by atoms with E-state index in [1.807, 2.05) is 60.7 Å². The second-order valence-corrected chi connectivity index (χ2v) is 7.52.